The highest BCUT2D eigenvalue weighted by molar-refractivity contribution is 7.99. The van der Waals surface area contributed by atoms with Crippen molar-refractivity contribution in [2.75, 3.05) is 18.6 Å². The number of hydrogen-bond acceptors (Lipinski definition) is 5. The van der Waals surface area contributed by atoms with Crippen LogP contribution in [0.5, 0.6) is 5.75 Å². The molecule has 34 heavy (non-hydrogen) atoms. The van der Waals surface area contributed by atoms with E-state index in [0.717, 1.165) is 38.8 Å². The van der Waals surface area contributed by atoms with Gasteiger partial charge >= 0.3 is 6.09 Å². The number of benzene rings is 3. The van der Waals surface area contributed by atoms with Gasteiger partial charge in [0.05, 0.1) is 5.54 Å². The standard InChI is InChI=1S/C27H28ClNO3S2/c1-3-24(27(18-33-2)17-32-26(30)29-27)23-13-12-22(15-25(23)28)34-21-11-7-10-20(14-21)31-16-19-8-5-4-6-9-19/h4-15,24H,3,16-18H2,1-2H3,(H,29,30). The number of hydrogen-bond donors (Lipinski definition) is 1. The molecule has 1 N–H and O–H groups in total. The second-order valence-corrected chi connectivity index (χ2v) is 10.7. The Morgan fingerprint density at radius 1 is 1.09 bits per heavy atom. The molecule has 0 aliphatic carbocycles. The summed E-state index contributed by atoms with van der Waals surface area (Å²) in [5.41, 5.74) is 1.72. The summed E-state index contributed by atoms with van der Waals surface area (Å²) in [7, 11) is 0. The summed E-state index contributed by atoms with van der Waals surface area (Å²) >= 11 is 10.1. The maximum atomic E-state index is 11.9. The number of carbonyl (C=O) groups is 1. The summed E-state index contributed by atoms with van der Waals surface area (Å²) in [4.78, 5) is 14.0. The molecule has 4 nitrogen and oxygen atoms in total. The smallest absolute Gasteiger partial charge is 0.407 e. The van der Waals surface area contributed by atoms with Crippen LogP contribution in [0.15, 0.2) is 82.6 Å². The fourth-order valence-corrected chi connectivity index (χ4v) is 6.52. The van der Waals surface area contributed by atoms with Crippen LogP contribution in [-0.4, -0.2) is 30.2 Å². The third-order valence-electron chi connectivity index (χ3n) is 5.93. The van der Waals surface area contributed by atoms with Crippen molar-refractivity contribution in [2.45, 2.75) is 41.2 Å². The Hall–Kier alpha value is -2.28. The number of rotatable bonds is 10. The molecule has 3 aromatic carbocycles. The second-order valence-electron chi connectivity index (χ2n) is 8.29. The fraction of sp³-hybridized carbons (Fsp3) is 0.296. The molecule has 2 unspecified atom stereocenters. The number of ether oxygens (including phenoxy) is 2. The minimum atomic E-state index is -0.450. The van der Waals surface area contributed by atoms with E-state index in [0.29, 0.717) is 18.2 Å². The zero-order valence-electron chi connectivity index (χ0n) is 19.3. The van der Waals surface area contributed by atoms with E-state index >= 15 is 0 Å². The Morgan fingerprint density at radius 2 is 1.88 bits per heavy atom. The lowest BCUT2D eigenvalue weighted by molar-refractivity contribution is 0.171. The Bertz CT molecular complexity index is 1130. The van der Waals surface area contributed by atoms with Gasteiger partial charge < -0.3 is 14.8 Å². The van der Waals surface area contributed by atoms with Crippen molar-refractivity contribution >= 4 is 41.2 Å². The molecule has 1 aliphatic rings. The minimum absolute atomic E-state index is 0.0627. The topological polar surface area (TPSA) is 47.6 Å². The number of carbonyl (C=O) groups excluding carboxylic acids is 1. The van der Waals surface area contributed by atoms with Gasteiger partial charge in [-0.15, -0.1) is 0 Å². The van der Waals surface area contributed by atoms with Crippen molar-refractivity contribution in [1.82, 2.24) is 5.32 Å². The summed E-state index contributed by atoms with van der Waals surface area (Å²) < 4.78 is 11.3. The molecule has 0 aromatic heterocycles. The van der Waals surface area contributed by atoms with E-state index in [1.807, 2.05) is 48.7 Å². The maximum absolute atomic E-state index is 11.9. The molecule has 7 heteroatoms. The zero-order valence-corrected chi connectivity index (χ0v) is 21.6. The van der Waals surface area contributed by atoms with E-state index in [-0.39, 0.29) is 12.0 Å². The van der Waals surface area contributed by atoms with Crippen LogP contribution in [0.25, 0.3) is 0 Å². The SMILES string of the molecule is CCC(c1ccc(Sc2cccc(OCc3ccccc3)c2)cc1Cl)C1(CSC)COC(=O)N1. The molecule has 0 spiro atoms. The van der Waals surface area contributed by atoms with E-state index in [4.69, 9.17) is 21.1 Å². The first-order chi connectivity index (χ1) is 16.5. The first-order valence-electron chi connectivity index (χ1n) is 11.2. The Kier molecular flexibility index (Phi) is 8.35. The van der Waals surface area contributed by atoms with E-state index in [2.05, 4.69) is 42.6 Å². The number of alkyl carbamates (subject to hydrolysis) is 1. The van der Waals surface area contributed by atoms with Gasteiger partial charge in [-0.1, -0.05) is 72.8 Å². The highest BCUT2D eigenvalue weighted by atomic mass is 35.5. The molecule has 0 bridgehead atoms. The molecule has 1 amide bonds. The van der Waals surface area contributed by atoms with Crippen LogP contribution in [0.2, 0.25) is 5.02 Å². The predicted molar refractivity (Wildman–Crippen MR) is 141 cm³/mol. The lowest BCUT2D eigenvalue weighted by atomic mass is 9.79. The van der Waals surface area contributed by atoms with Gasteiger partial charge in [0, 0.05) is 26.5 Å². The van der Waals surface area contributed by atoms with Crippen molar-refractivity contribution in [3.8, 4) is 5.75 Å². The molecule has 1 heterocycles. The summed E-state index contributed by atoms with van der Waals surface area (Å²) in [6.45, 7) is 3.01. The van der Waals surface area contributed by atoms with Crippen LogP contribution in [0, 0.1) is 0 Å². The van der Waals surface area contributed by atoms with Crippen LogP contribution < -0.4 is 10.1 Å². The molecule has 1 saturated heterocycles. The average Bonchev–Trinajstić information content (AvgIpc) is 3.22. The lowest BCUT2D eigenvalue weighted by Crippen LogP contribution is -2.51. The van der Waals surface area contributed by atoms with Crippen molar-refractivity contribution < 1.29 is 14.3 Å². The molecule has 4 rings (SSSR count). The van der Waals surface area contributed by atoms with Gasteiger partial charge in [0.1, 0.15) is 19.0 Å². The number of amides is 1. The van der Waals surface area contributed by atoms with Crippen LogP contribution in [-0.2, 0) is 11.3 Å². The molecule has 1 aliphatic heterocycles. The second kappa shape index (κ2) is 11.4. The first-order valence-corrected chi connectivity index (χ1v) is 13.8. The Labute approximate surface area is 214 Å². The average molecular weight is 514 g/mol. The summed E-state index contributed by atoms with van der Waals surface area (Å²) in [6.07, 6.45) is 2.53. The normalized spacial score (nSPS) is 18.3. The largest absolute Gasteiger partial charge is 0.489 e. The van der Waals surface area contributed by atoms with Crippen molar-refractivity contribution in [3.05, 3.63) is 88.9 Å². The zero-order chi connectivity index (χ0) is 24.0. The summed E-state index contributed by atoms with van der Waals surface area (Å²) in [5, 5.41) is 3.77. The third-order valence-corrected chi connectivity index (χ3v) is 8.04. The number of halogens is 1. The minimum Gasteiger partial charge on any atom is -0.489 e. The van der Waals surface area contributed by atoms with Gasteiger partial charge in [-0.3, -0.25) is 0 Å². The molecule has 178 valence electrons. The molecule has 1 fully saturated rings. The van der Waals surface area contributed by atoms with Crippen LogP contribution >= 0.6 is 35.1 Å². The van der Waals surface area contributed by atoms with Crippen LogP contribution in [0.4, 0.5) is 4.79 Å². The van der Waals surface area contributed by atoms with Crippen LogP contribution in [0.3, 0.4) is 0 Å². The van der Waals surface area contributed by atoms with E-state index < -0.39 is 5.54 Å². The van der Waals surface area contributed by atoms with E-state index in [1.165, 1.54) is 0 Å². The number of thioether (sulfide) groups is 1. The fourth-order valence-electron chi connectivity index (χ4n) is 4.36. The highest BCUT2D eigenvalue weighted by Gasteiger charge is 2.46. The van der Waals surface area contributed by atoms with Gasteiger partial charge in [-0.25, -0.2) is 4.79 Å². The Balaban J connectivity index is 1.48. The van der Waals surface area contributed by atoms with Crippen molar-refractivity contribution in [3.63, 3.8) is 0 Å². The lowest BCUT2D eigenvalue weighted by Gasteiger charge is -2.35. The Morgan fingerprint density at radius 3 is 2.56 bits per heavy atom. The molecule has 0 saturated carbocycles. The first kappa shape index (κ1) is 24.8. The van der Waals surface area contributed by atoms with Gasteiger partial charge in [-0.05, 0) is 54.1 Å². The van der Waals surface area contributed by atoms with Gasteiger partial charge in [0.2, 0.25) is 0 Å². The molecule has 0 radical (unpaired) electrons. The van der Waals surface area contributed by atoms with Crippen molar-refractivity contribution in [1.29, 1.82) is 0 Å². The van der Waals surface area contributed by atoms with E-state index in [9.17, 15) is 4.79 Å². The van der Waals surface area contributed by atoms with Crippen LogP contribution in [0.1, 0.15) is 30.4 Å². The summed E-state index contributed by atoms with van der Waals surface area (Å²) in [5.74, 6) is 1.66. The number of cyclic esters (lactones) is 1. The molecular weight excluding hydrogens is 486 g/mol. The van der Waals surface area contributed by atoms with Gasteiger partial charge in [-0.2, -0.15) is 11.8 Å². The number of nitrogens with one attached hydrogen (secondary N) is 1. The molecule has 2 atom stereocenters. The monoisotopic (exact) mass is 513 g/mol. The highest BCUT2D eigenvalue weighted by Crippen LogP contribution is 2.41. The maximum Gasteiger partial charge on any atom is 0.407 e. The van der Waals surface area contributed by atoms with Gasteiger partial charge in [0.15, 0.2) is 0 Å². The third kappa shape index (κ3) is 5.85. The van der Waals surface area contributed by atoms with Crippen molar-refractivity contribution in [2.24, 2.45) is 0 Å². The summed E-state index contributed by atoms with van der Waals surface area (Å²) in [6, 6.07) is 24.4. The molecular formula is C27H28ClNO3S2. The van der Waals surface area contributed by atoms with Gasteiger partial charge in [0.25, 0.3) is 0 Å². The quantitative estimate of drug-likeness (QED) is 0.306. The molecule has 3 aromatic rings. The van der Waals surface area contributed by atoms with E-state index in [1.54, 1.807) is 23.5 Å². The predicted octanol–water partition coefficient (Wildman–Crippen LogP) is 7.41.